The lowest BCUT2D eigenvalue weighted by Crippen LogP contribution is -2.19. The number of nitrogens with zero attached hydrogens (tertiary/aromatic N) is 3. The third-order valence-electron chi connectivity index (χ3n) is 1.52. The van der Waals surface area contributed by atoms with Gasteiger partial charge in [0.1, 0.15) is 6.07 Å². The first-order valence-electron chi connectivity index (χ1n) is 4.12. The van der Waals surface area contributed by atoms with Gasteiger partial charge in [-0.3, -0.25) is 0 Å². The molecule has 0 unspecified atom stereocenters. The largest absolute Gasteiger partial charge is 0.457 e. The molecule has 0 aliphatic rings. The molecule has 76 valence electrons. The minimum atomic E-state index is -0.807. The Morgan fingerprint density at radius 3 is 2.93 bits per heavy atom. The molecule has 1 rings (SSSR count). The molecule has 0 amide bonds. The van der Waals surface area contributed by atoms with Gasteiger partial charge in [0.05, 0.1) is 6.61 Å². The summed E-state index contributed by atoms with van der Waals surface area (Å²) in [7, 11) is 0. The maximum Gasteiger partial charge on any atom is 0.441 e. The zero-order valence-electron chi connectivity index (χ0n) is 7.93. The van der Waals surface area contributed by atoms with E-state index in [1.807, 2.05) is 0 Å². The summed E-state index contributed by atoms with van der Waals surface area (Å²) in [4.78, 5) is 14.0. The topological polar surface area (TPSA) is 99.6 Å². The van der Waals surface area contributed by atoms with Gasteiger partial charge >= 0.3 is 11.7 Å². The number of carbonyl (C=O) groups excluding carboxylic acids is 1. The highest BCUT2D eigenvalue weighted by Crippen LogP contribution is 2.07. The maximum absolute atomic E-state index is 11.2. The smallest absolute Gasteiger partial charge is 0.441 e. The van der Waals surface area contributed by atoms with Crippen LogP contribution < -0.4 is 0 Å². The zero-order chi connectivity index (χ0) is 11.3. The maximum atomic E-state index is 11.2. The van der Waals surface area contributed by atoms with E-state index in [9.17, 15) is 4.79 Å². The molecule has 0 aliphatic heterocycles. The van der Waals surface area contributed by atoms with Gasteiger partial charge in [-0.15, -0.1) is 0 Å². The van der Waals surface area contributed by atoms with E-state index in [2.05, 4.69) is 9.53 Å². The van der Waals surface area contributed by atoms with Gasteiger partial charge in [-0.25, -0.2) is 4.79 Å². The first-order chi connectivity index (χ1) is 7.22. The van der Waals surface area contributed by atoms with E-state index < -0.39 is 5.97 Å². The predicted molar refractivity (Wildman–Crippen MR) is 47.8 cm³/mol. The second kappa shape index (κ2) is 4.74. The van der Waals surface area contributed by atoms with Crippen LogP contribution in [0.25, 0.3) is 5.53 Å². The summed E-state index contributed by atoms with van der Waals surface area (Å²) in [6.07, 6.45) is 0. The summed E-state index contributed by atoms with van der Waals surface area (Å²) in [6, 6.07) is 4.45. The highest BCUT2D eigenvalue weighted by molar-refractivity contribution is 6.39. The molecule has 1 aromatic rings. The molecule has 0 bridgehead atoms. The van der Waals surface area contributed by atoms with Gasteiger partial charge in [0.25, 0.3) is 0 Å². The van der Waals surface area contributed by atoms with Gasteiger partial charge in [-0.05, 0) is 19.1 Å². The molecular formula is C9H7N3O3. The number of hydrogen-bond acceptors (Lipinski definition) is 4. The Kier molecular flexibility index (Phi) is 3.38. The molecule has 0 aromatic carbocycles. The molecule has 6 nitrogen and oxygen atoms in total. The summed E-state index contributed by atoms with van der Waals surface area (Å²) in [5.74, 6) is -0.790. The van der Waals surface area contributed by atoms with Crippen LogP contribution in [0, 0.1) is 11.3 Å². The Bertz CT molecular complexity index is 463. The van der Waals surface area contributed by atoms with Crippen LogP contribution in [0.2, 0.25) is 0 Å². The van der Waals surface area contributed by atoms with Crippen molar-refractivity contribution >= 4 is 11.7 Å². The van der Waals surface area contributed by atoms with Crippen molar-refractivity contribution < 1.29 is 18.7 Å². The molecule has 1 aromatic heterocycles. The van der Waals surface area contributed by atoms with Gasteiger partial charge in [0.15, 0.2) is 0 Å². The Morgan fingerprint density at radius 1 is 1.73 bits per heavy atom. The van der Waals surface area contributed by atoms with Gasteiger partial charge in [-0.1, -0.05) is 0 Å². The Balaban J connectivity index is 3.00. The van der Waals surface area contributed by atoms with Crippen LogP contribution in [0.1, 0.15) is 18.4 Å². The third kappa shape index (κ3) is 2.30. The molecule has 0 spiro atoms. The quantitative estimate of drug-likeness (QED) is 0.314. The molecule has 0 saturated carbocycles. The summed E-state index contributed by atoms with van der Waals surface area (Å²) in [5.41, 5.74) is 8.24. The lowest BCUT2D eigenvalue weighted by molar-refractivity contribution is -0.139. The van der Waals surface area contributed by atoms with E-state index in [4.69, 9.17) is 15.2 Å². The fraction of sp³-hybridized carbons (Fsp3) is 0.222. The van der Waals surface area contributed by atoms with Crippen LogP contribution in [-0.4, -0.2) is 23.1 Å². The van der Waals surface area contributed by atoms with Gasteiger partial charge in [0, 0.05) is 0 Å². The van der Waals surface area contributed by atoms with E-state index in [1.54, 1.807) is 13.0 Å². The molecule has 6 heteroatoms. The van der Waals surface area contributed by atoms with Gasteiger partial charge in [0.2, 0.25) is 11.5 Å². The Hall–Kier alpha value is -2.38. The highest BCUT2D eigenvalue weighted by Gasteiger charge is 2.27. The molecule has 15 heavy (non-hydrogen) atoms. The van der Waals surface area contributed by atoms with Crippen molar-refractivity contribution in [2.24, 2.45) is 0 Å². The molecule has 1 heterocycles. The average Bonchev–Trinajstić information content (AvgIpc) is 2.68. The molecule has 0 radical (unpaired) electrons. The normalized spacial score (nSPS) is 8.80. The summed E-state index contributed by atoms with van der Waals surface area (Å²) in [5, 5.41) is 8.49. The van der Waals surface area contributed by atoms with Crippen molar-refractivity contribution in [3.05, 3.63) is 29.2 Å². The summed E-state index contributed by atoms with van der Waals surface area (Å²) >= 11 is 0. The predicted octanol–water partition coefficient (Wildman–Crippen LogP) is 0.733. The van der Waals surface area contributed by atoms with Crippen molar-refractivity contribution in [3.8, 4) is 6.07 Å². The third-order valence-corrected chi connectivity index (χ3v) is 1.52. The standard InChI is InChI=1S/C9H7N3O3/c1-2-14-9(13)8(12-11)7-4-3-6(5-10)15-7/h3-4H,2H2,1H3. The van der Waals surface area contributed by atoms with Crippen molar-refractivity contribution in [1.82, 2.24) is 0 Å². The van der Waals surface area contributed by atoms with Crippen molar-refractivity contribution in [2.75, 3.05) is 6.61 Å². The second-order valence-electron chi connectivity index (χ2n) is 2.44. The lowest BCUT2D eigenvalue weighted by atomic mass is 10.3. The number of furan rings is 1. The molecule has 0 atom stereocenters. The minimum absolute atomic E-state index is 0.00694. The van der Waals surface area contributed by atoms with Crippen LogP contribution in [-0.2, 0) is 9.53 Å². The van der Waals surface area contributed by atoms with E-state index in [1.165, 1.54) is 12.1 Å². The van der Waals surface area contributed by atoms with Crippen LogP contribution in [0.4, 0.5) is 0 Å². The fourth-order valence-electron chi connectivity index (χ4n) is 0.915. The fourth-order valence-corrected chi connectivity index (χ4v) is 0.915. The average molecular weight is 205 g/mol. The van der Waals surface area contributed by atoms with Crippen LogP contribution in [0.15, 0.2) is 16.5 Å². The molecule has 0 N–H and O–H groups in total. The number of ether oxygens (including phenoxy) is 1. The zero-order valence-corrected chi connectivity index (χ0v) is 7.93. The van der Waals surface area contributed by atoms with Crippen molar-refractivity contribution in [2.45, 2.75) is 6.92 Å². The number of hydrogen-bond donors (Lipinski definition) is 0. The molecular weight excluding hydrogens is 198 g/mol. The molecule has 0 saturated heterocycles. The van der Waals surface area contributed by atoms with Crippen LogP contribution >= 0.6 is 0 Å². The Labute approximate surface area is 85.3 Å². The monoisotopic (exact) mass is 205 g/mol. The minimum Gasteiger partial charge on any atom is -0.457 e. The number of carbonyl (C=O) groups is 1. The SMILES string of the molecule is CCOC(=O)C(=[N+]=[N-])c1ccc(C#N)o1. The molecule has 0 aliphatic carbocycles. The van der Waals surface area contributed by atoms with E-state index in [-0.39, 0.29) is 23.8 Å². The highest BCUT2D eigenvalue weighted by atomic mass is 16.5. The van der Waals surface area contributed by atoms with Crippen LogP contribution in [0.5, 0.6) is 0 Å². The molecule has 0 fully saturated rings. The van der Waals surface area contributed by atoms with E-state index in [0.29, 0.717) is 0 Å². The van der Waals surface area contributed by atoms with E-state index >= 15 is 0 Å². The first-order valence-corrected chi connectivity index (χ1v) is 4.12. The Morgan fingerprint density at radius 2 is 2.47 bits per heavy atom. The van der Waals surface area contributed by atoms with E-state index in [0.717, 1.165) is 0 Å². The number of rotatable bonds is 3. The summed E-state index contributed by atoms with van der Waals surface area (Å²) in [6.45, 7) is 1.78. The summed E-state index contributed by atoms with van der Waals surface area (Å²) < 4.78 is 9.52. The first kappa shape index (κ1) is 10.7. The van der Waals surface area contributed by atoms with Gasteiger partial charge < -0.3 is 14.7 Å². The lowest BCUT2D eigenvalue weighted by Gasteiger charge is -1.93. The van der Waals surface area contributed by atoms with Crippen LogP contribution in [0.3, 0.4) is 0 Å². The second-order valence-corrected chi connectivity index (χ2v) is 2.44. The van der Waals surface area contributed by atoms with Crippen molar-refractivity contribution in [3.63, 3.8) is 0 Å². The van der Waals surface area contributed by atoms with Crippen molar-refractivity contribution in [1.29, 1.82) is 5.26 Å². The number of esters is 1. The number of nitriles is 1. The van der Waals surface area contributed by atoms with Gasteiger partial charge in [-0.2, -0.15) is 10.1 Å².